The summed E-state index contributed by atoms with van der Waals surface area (Å²) in [5, 5.41) is 1.57. The van der Waals surface area contributed by atoms with Crippen LogP contribution in [0.4, 0.5) is 11.4 Å². The van der Waals surface area contributed by atoms with Gasteiger partial charge in [-0.2, -0.15) is 0 Å². The van der Waals surface area contributed by atoms with Gasteiger partial charge in [-0.25, -0.2) is 13.8 Å². The molecular weight excluding hydrogens is 436 g/mol. The zero-order valence-corrected chi connectivity index (χ0v) is 19.4. The Hall–Kier alpha value is -3.02. The van der Waals surface area contributed by atoms with Crippen LogP contribution in [-0.4, -0.2) is 47.1 Å². The molecule has 1 amide bonds. The van der Waals surface area contributed by atoms with E-state index in [0.29, 0.717) is 28.6 Å². The third kappa shape index (κ3) is 4.90. The first-order chi connectivity index (χ1) is 15.2. The van der Waals surface area contributed by atoms with E-state index in [1.807, 2.05) is 6.92 Å². The molecule has 1 saturated heterocycles. The predicted molar refractivity (Wildman–Crippen MR) is 121 cm³/mol. The molecule has 3 rings (SSSR count). The molecule has 10 nitrogen and oxygen atoms in total. The van der Waals surface area contributed by atoms with E-state index in [9.17, 15) is 13.2 Å². The van der Waals surface area contributed by atoms with E-state index < -0.39 is 33.3 Å². The van der Waals surface area contributed by atoms with Crippen molar-refractivity contribution < 1.29 is 27.4 Å². The van der Waals surface area contributed by atoms with Gasteiger partial charge in [0.15, 0.2) is 16.9 Å². The van der Waals surface area contributed by atoms with Crippen LogP contribution < -0.4 is 35.1 Å². The Bertz CT molecular complexity index is 1050. The van der Waals surface area contributed by atoms with Gasteiger partial charge in [-0.1, -0.05) is 17.7 Å². The first kappa shape index (κ1) is 23.6. The molecule has 3 atom stereocenters. The number of anilines is 2. The molecule has 4 N–H and O–H groups in total. The Morgan fingerprint density at radius 2 is 1.53 bits per heavy atom. The van der Waals surface area contributed by atoms with E-state index in [-0.39, 0.29) is 0 Å². The maximum absolute atomic E-state index is 13.1. The highest BCUT2D eigenvalue weighted by Crippen LogP contribution is 2.40. The number of rotatable bonds is 8. The number of hydrogen-bond donors (Lipinski definition) is 4. The van der Waals surface area contributed by atoms with Gasteiger partial charge in [0.05, 0.1) is 27.2 Å². The van der Waals surface area contributed by atoms with E-state index in [0.717, 1.165) is 5.56 Å². The van der Waals surface area contributed by atoms with E-state index in [2.05, 4.69) is 20.9 Å². The average Bonchev–Trinajstić information content (AvgIpc) is 3.17. The fourth-order valence-electron chi connectivity index (χ4n) is 3.52. The highest BCUT2D eigenvalue weighted by atomic mass is 32.2. The molecule has 2 aromatic rings. The molecule has 0 aromatic heterocycles. The highest BCUT2D eigenvalue weighted by Gasteiger charge is 2.46. The van der Waals surface area contributed by atoms with Crippen molar-refractivity contribution in [2.45, 2.75) is 25.3 Å². The SMILES string of the molecule is COc1cc(NC(=O)C2C(C)NNC2S(=O)(=O)Nc2ccc(C)cc2)cc(OC)c1OC. The number of hydrazine groups is 1. The lowest BCUT2D eigenvalue weighted by Crippen LogP contribution is -2.45. The topological polar surface area (TPSA) is 127 Å². The number of benzene rings is 2. The maximum Gasteiger partial charge on any atom is 0.250 e. The van der Waals surface area contributed by atoms with Crippen LogP contribution in [0.25, 0.3) is 0 Å². The molecule has 174 valence electrons. The number of amides is 1. The van der Waals surface area contributed by atoms with Crippen molar-refractivity contribution in [1.29, 1.82) is 0 Å². The number of aryl methyl sites for hydroxylation is 1. The van der Waals surface area contributed by atoms with Crippen LogP contribution in [0.3, 0.4) is 0 Å². The smallest absolute Gasteiger partial charge is 0.250 e. The predicted octanol–water partition coefficient (Wildman–Crippen LogP) is 1.84. The van der Waals surface area contributed by atoms with Gasteiger partial charge in [0.2, 0.25) is 11.7 Å². The van der Waals surface area contributed by atoms with Gasteiger partial charge >= 0.3 is 0 Å². The fourth-order valence-corrected chi connectivity index (χ4v) is 5.08. The molecule has 0 radical (unpaired) electrons. The summed E-state index contributed by atoms with van der Waals surface area (Å²) in [5.41, 5.74) is 7.38. The Balaban J connectivity index is 1.84. The zero-order chi connectivity index (χ0) is 23.5. The van der Waals surface area contributed by atoms with E-state index in [4.69, 9.17) is 14.2 Å². The molecule has 0 aliphatic carbocycles. The normalized spacial score (nSPS) is 20.5. The van der Waals surface area contributed by atoms with Gasteiger partial charge in [-0.15, -0.1) is 0 Å². The second kappa shape index (κ2) is 9.63. The Kier molecular flexibility index (Phi) is 7.12. The van der Waals surface area contributed by atoms with Gasteiger partial charge in [0.1, 0.15) is 0 Å². The zero-order valence-electron chi connectivity index (χ0n) is 18.6. The standard InChI is InChI=1S/C21H28N4O6S/c1-12-6-8-14(9-7-12)25-32(27,28)21-18(13(2)23-24-21)20(26)22-15-10-16(29-3)19(31-5)17(11-15)30-4/h6-11,13,18,21,23-25H,1-5H3,(H,22,26). The summed E-state index contributed by atoms with van der Waals surface area (Å²) >= 11 is 0. The molecule has 0 spiro atoms. The third-order valence-corrected chi connectivity index (χ3v) is 6.80. The van der Waals surface area contributed by atoms with Crippen LogP contribution in [0.1, 0.15) is 12.5 Å². The number of nitrogens with one attached hydrogen (secondary N) is 4. The minimum Gasteiger partial charge on any atom is -0.493 e. The summed E-state index contributed by atoms with van der Waals surface area (Å²) in [5.74, 6) is -0.292. The summed E-state index contributed by atoms with van der Waals surface area (Å²) in [6.45, 7) is 3.64. The van der Waals surface area contributed by atoms with Crippen molar-refractivity contribution in [3.05, 3.63) is 42.0 Å². The molecule has 0 saturated carbocycles. The van der Waals surface area contributed by atoms with E-state index in [1.54, 1.807) is 43.3 Å². The molecular formula is C21H28N4O6S. The minimum absolute atomic E-state index is 0.364. The largest absolute Gasteiger partial charge is 0.493 e. The third-order valence-electron chi connectivity index (χ3n) is 5.20. The molecule has 0 bridgehead atoms. The second-order valence-corrected chi connectivity index (χ2v) is 9.24. The summed E-state index contributed by atoms with van der Waals surface area (Å²) < 4.78 is 44.5. The van der Waals surface area contributed by atoms with Gasteiger partial charge in [0, 0.05) is 29.5 Å². The number of methoxy groups -OCH3 is 3. The highest BCUT2D eigenvalue weighted by molar-refractivity contribution is 7.93. The van der Waals surface area contributed by atoms with Crippen LogP contribution >= 0.6 is 0 Å². The molecule has 1 aliphatic rings. The number of carbonyl (C=O) groups excluding carboxylic acids is 1. The lowest BCUT2D eigenvalue weighted by Gasteiger charge is -2.22. The monoisotopic (exact) mass is 464 g/mol. The van der Waals surface area contributed by atoms with Crippen LogP contribution in [0.2, 0.25) is 0 Å². The summed E-state index contributed by atoms with van der Waals surface area (Å²) in [7, 11) is 0.478. The number of ether oxygens (including phenoxy) is 3. The summed E-state index contributed by atoms with van der Waals surface area (Å²) in [4.78, 5) is 13.1. The van der Waals surface area contributed by atoms with Gasteiger partial charge in [0.25, 0.3) is 10.0 Å². The number of carbonyl (C=O) groups is 1. The Labute approximate surface area is 187 Å². The lowest BCUT2D eigenvalue weighted by atomic mass is 10.0. The van der Waals surface area contributed by atoms with Crippen molar-refractivity contribution in [3.8, 4) is 17.2 Å². The molecule has 3 unspecified atom stereocenters. The van der Waals surface area contributed by atoms with Crippen LogP contribution in [-0.2, 0) is 14.8 Å². The maximum atomic E-state index is 13.1. The molecule has 32 heavy (non-hydrogen) atoms. The van der Waals surface area contributed by atoms with Gasteiger partial charge < -0.3 is 19.5 Å². The second-order valence-electron chi connectivity index (χ2n) is 7.44. The van der Waals surface area contributed by atoms with Crippen LogP contribution in [0.5, 0.6) is 17.2 Å². The van der Waals surface area contributed by atoms with Gasteiger partial charge in [-0.3, -0.25) is 14.9 Å². The Morgan fingerprint density at radius 1 is 0.938 bits per heavy atom. The van der Waals surface area contributed by atoms with Crippen LogP contribution in [0, 0.1) is 12.8 Å². The molecule has 1 heterocycles. The molecule has 11 heteroatoms. The van der Waals surface area contributed by atoms with Crippen molar-refractivity contribution in [3.63, 3.8) is 0 Å². The summed E-state index contributed by atoms with van der Waals surface area (Å²) in [6.07, 6.45) is 0. The first-order valence-corrected chi connectivity index (χ1v) is 11.4. The van der Waals surface area contributed by atoms with Gasteiger partial charge in [-0.05, 0) is 26.0 Å². The molecule has 2 aromatic carbocycles. The van der Waals surface area contributed by atoms with Crippen molar-refractivity contribution in [2.75, 3.05) is 31.4 Å². The fraction of sp³-hybridized carbons (Fsp3) is 0.381. The van der Waals surface area contributed by atoms with E-state index in [1.165, 1.54) is 21.3 Å². The summed E-state index contributed by atoms with van der Waals surface area (Å²) in [6, 6.07) is 9.65. The molecule has 1 aliphatic heterocycles. The van der Waals surface area contributed by atoms with Crippen LogP contribution in [0.15, 0.2) is 36.4 Å². The Morgan fingerprint density at radius 3 is 2.06 bits per heavy atom. The number of sulfonamides is 1. The van der Waals surface area contributed by atoms with E-state index >= 15 is 0 Å². The van der Waals surface area contributed by atoms with Crippen molar-refractivity contribution in [1.82, 2.24) is 10.9 Å². The minimum atomic E-state index is -3.94. The van der Waals surface area contributed by atoms with Crippen molar-refractivity contribution in [2.24, 2.45) is 5.92 Å². The molecule has 1 fully saturated rings. The number of hydrogen-bond acceptors (Lipinski definition) is 8. The quantitative estimate of drug-likeness (QED) is 0.466. The van der Waals surface area contributed by atoms with Crippen molar-refractivity contribution >= 4 is 27.3 Å². The average molecular weight is 465 g/mol. The first-order valence-electron chi connectivity index (χ1n) is 9.90. The lowest BCUT2D eigenvalue weighted by molar-refractivity contribution is -0.119.